The minimum Gasteiger partial charge on any atom is -0.397 e. The van der Waals surface area contributed by atoms with E-state index in [0.717, 1.165) is 0 Å². The van der Waals surface area contributed by atoms with Crippen LogP contribution in [-0.2, 0) is 0 Å². The van der Waals surface area contributed by atoms with Crippen molar-refractivity contribution in [2.75, 3.05) is 5.73 Å². The Morgan fingerprint density at radius 2 is 2.10 bits per heavy atom. The van der Waals surface area contributed by atoms with E-state index < -0.39 is 0 Å². The monoisotopic (exact) mass is 159 g/mol. The van der Waals surface area contributed by atoms with Crippen LogP contribution in [0.3, 0.4) is 0 Å². The zero-order valence-corrected chi connectivity index (χ0v) is 6.24. The lowest BCUT2D eigenvalue weighted by molar-refractivity contribution is 0.627. The van der Waals surface area contributed by atoms with Crippen LogP contribution < -0.4 is 5.73 Å². The van der Waals surface area contributed by atoms with Gasteiger partial charge in [0, 0.05) is 0 Å². The van der Waals surface area contributed by atoms with Gasteiger partial charge in [-0.1, -0.05) is 11.6 Å². The third-order valence-corrected chi connectivity index (χ3v) is 1.61. The Kier molecular flexibility index (Phi) is 1.81. The molecule has 3 heteroatoms. The number of halogens is 2. The first kappa shape index (κ1) is 7.35. The molecule has 0 bridgehead atoms. The van der Waals surface area contributed by atoms with Crippen LogP contribution in [0, 0.1) is 12.7 Å². The van der Waals surface area contributed by atoms with E-state index in [0.29, 0.717) is 11.3 Å². The standard InChI is InChI=1S/C7H7ClFN/c1-4-2-5(9)3-6(8)7(4)10/h2-3H,10H2,1H3. The van der Waals surface area contributed by atoms with Gasteiger partial charge >= 0.3 is 0 Å². The quantitative estimate of drug-likeness (QED) is 0.578. The van der Waals surface area contributed by atoms with E-state index in [1.54, 1.807) is 6.92 Å². The molecule has 1 aromatic rings. The van der Waals surface area contributed by atoms with Crippen molar-refractivity contribution in [2.45, 2.75) is 6.92 Å². The molecule has 1 rings (SSSR count). The fraction of sp³-hybridized carbons (Fsp3) is 0.143. The molecule has 0 spiro atoms. The summed E-state index contributed by atoms with van der Waals surface area (Å²) in [6.07, 6.45) is 0. The van der Waals surface area contributed by atoms with Crippen molar-refractivity contribution >= 4 is 17.3 Å². The number of benzene rings is 1. The highest BCUT2D eigenvalue weighted by molar-refractivity contribution is 6.33. The maximum absolute atomic E-state index is 12.5. The van der Waals surface area contributed by atoms with Crippen LogP contribution >= 0.6 is 11.6 Å². The van der Waals surface area contributed by atoms with Gasteiger partial charge in [0.15, 0.2) is 0 Å². The number of rotatable bonds is 0. The third-order valence-electron chi connectivity index (χ3n) is 1.30. The van der Waals surface area contributed by atoms with E-state index in [-0.39, 0.29) is 10.8 Å². The molecule has 0 aromatic heterocycles. The number of hydrogen-bond acceptors (Lipinski definition) is 1. The molecule has 0 heterocycles. The molecule has 0 fully saturated rings. The number of anilines is 1. The SMILES string of the molecule is Cc1cc(F)cc(Cl)c1N. The van der Waals surface area contributed by atoms with E-state index >= 15 is 0 Å². The van der Waals surface area contributed by atoms with Crippen LogP contribution in [0.2, 0.25) is 5.02 Å². The predicted octanol–water partition coefficient (Wildman–Crippen LogP) is 2.37. The van der Waals surface area contributed by atoms with Crippen molar-refractivity contribution in [3.05, 3.63) is 28.5 Å². The van der Waals surface area contributed by atoms with Gasteiger partial charge in [-0.15, -0.1) is 0 Å². The molecule has 10 heavy (non-hydrogen) atoms. The number of nitrogens with two attached hydrogens (primary N) is 1. The van der Waals surface area contributed by atoms with Crippen LogP contribution in [-0.4, -0.2) is 0 Å². The fourth-order valence-electron chi connectivity index (χ4n) is 0.713. The van der Waals surface area contributed by atoms with Gasteiger partial charge in [-0.3, -0.25) is 0 Å². The van der Waals surface area contributed by atoms with Gasteiger partial charge < -0.3 is 5.73 Å². The summed E-state index contributed by atoms with van der Waals surface area (Å²) in [6.45, 7) is 1.71. The summed E-state index contributed by atoms with van der Waals surface area (Å²) < 4.78 is 12.5. The first-order chi connectivity index (χ1) is 4.61. The van der Waals surface area contributed by atoms with E-state index in [9.17, 15) is 4.39 Å². The molecule has 1 nitrogen and oxygen atoms in total. The molecule has 0 atom stereocenters. The van der Waals surface area contributed by atoms with Gasteiger partial charge in [-0.25, -0.2) is 4.39 Å². The highest BCUT2D eigenvalue weighted by Crippen LogP contribution is 2.22. The third kappa shape index (κ3) is 1.21. The second-order valence-corrected chi connectivity index (χ2v) is 2.53. The Balaban J connectivity index is 3.31. The highest BCUT2D eigenvalue weighted by atomic mass is 35.5. The van der Waals surface area contributed by atoms with Gasteiger partial charge in [-0.05, 0) is 24.6 Å². The molecule has 1 aromatic carbocycles. The molecular weight excluding hydrogens is 153 g/mol. The normalized spacial score (nSPS) is 9.90. The van der Waals surface area contributed by atoms with Crippen LogP contribution in [0.25, 0.3) is 0 Å². The molecule has 2 N–H and O–H groups in total. The number of aryl methyl sites for hydroxylation is 1. The fourth-order valence-corrected chi connectivity index (χ4v) is 0.967. The molecule has 0 aliphatic rings. The summed E-state index contributed by atoms with van der Waals surface area (Å²) in [5.41, 5.74) is 6.57. The van der Waals surface area contributed by atoms with Gasteiger partial charge in [0.2, 0.25) is 0 Å². The molecule has 0 aliphatic heterocycles. The second kappa shape index (κ2) is 2.46. The second-order valence-electron chi connectivity index (χ2n) is 2.12. The van der Waals surface area contributed by atoms with E-state index in [1.165, 1.54) is 12.1 Å². The Bertz CT molecular complexity index is 237. The van der Waals surface area contributed by atoms with Gasteiger partial charge in [0.25, 0.3) is 0 Å². The zero-order chi connectivity index (χ0) is 7.72. The van der Waals surface area contributed by atoms with Crippen LogP contribution in [0.1, 0.15) is 5.56 Å². The summed E-state index contributed by atoms with van der Waals surface area (Å²) in [6, 6.07) is 2.55. The van der Waals surface area contributed by atoms with Crippen LogP contribution in [0.15, 0.2) is 12.1 Å². The predicted molar refractivity (Wildman–Crippen MR) is 40.6 cm³/mol. The molecule has 0 saturated heterocycles. The molecule has 0 unspecified atom stereocenters. The van der Waals surface area contributed by atoms with E-state index in [2.05, 4.69) is 0 Å². The Hall–Kier alpha value is -0.760. The minimum absolute atomic E-state index is 0.275. The minimum atomic E-state index is -0.350. The average molecular weight is 160 g/mol. The maximum atomic E-state index is 12.5. The van der Waals surface area contributed by atoms with Crippen molar-refractivity contribution in [1.29, 1.82) is 0 Å². The van der Waals surface area contributed by atoms with Crippen molar-refractivity contribution in [3.8, 4) is 0 Å². The van der Waals surface area contributed by atoms with Crippen molar-refractivity contribution in [3.63, 3.8) is 0 Å². The highest BCUT2D eigenvalue weighted by Gasteiger charge is 2.01. The van der Waals surface area contributed by atoms with E-state index in [1.807, 2.05) is 0 Å². The summed E-state index contributed by atoms with van der Waals surface area (Å²) in [5, 5.41) is 0.275. The van der Waals surface area contributed by atoms with Gasteiger partial charge in [0.05, 0.1) is 10.7 Å². The number of hydrogen-bond donors (Lipinski definition) is 1. The average Bonchev–Trinajstić information content (AvgIpc) is 1.82. The Morgan fingerprint density at radius 1 is 1.50 bits per heavy atom. The molecule has 54 valence electrons. The molecule has 0 amide bonds. The smallest absolute Gasteiger partial charge is 0.125 e. The summed E-state index contributed by atoms with van der Waals surface area (Å²) in [7, 11) is 0. The van der Waals surface area contributed by atoms with Crippen LogP contribution in [0.5, 0.6) is 0 Å². The van der Waals surface area contributed by atoms with Crippen molar-refractivity contribution in [2.24, 2.45) is 0 Å². The molecular formula is C7H7ClFN. The van der Waals surface area contributed by atoms with E-state index in [4.69, 9.17) is 17.3 Å². The first-order valence-electron chi connectivity index (χ1n) is 2.82. The lowest BCUT2D eigenvalue weighted by Gasteiger charge is -2.00. The largest absolute Gasteiger partial charge is 0.397 e. The lowest BCUT2D eigenvalue weighted by atomic mass is 10.2. The van der Waals surface area contributed by atoms with Crippen molar-refractivity contribution in [1.82, 2.24) is 0 Å². The lowest BCUT2D eigenvalue weighted by Crippen LogP contribution is -1.91. The molecule has 0 aliphatic carbocycles. The zero-order valence-electron chi connectivity index (χ0n) is 5.49. The van der Waals surface area contributed by atoms with Gasteiger partial charge in [0.1, 0.15) is 5.82 Å². The molecule has 0 radical (unpaired) electrons. The van der Waals surface area contributed by atoms with Crippen LogP contribution in [0.4, 0.5) is 10.1 Å². The van der Waals surface area contributed by atoms with Gasteiger partial charge in [-0.2, -0.15) is 0 Å². The molecule has 0 saturated carbocycles. The Labute approximate surface area is 63.6 Å². The maximum Gasteiger partial charge on any atom is 0.125 e. The topological polar surface area (TPSA) is 26.0 Å². The van der Waals surface area contributed by atoms with Crippen molar-refractivity contribution < 1.29 is 4.39 Å². The summed E-state index contributed by atoms with van der Waals surface area (Å²) in [5.74, 6) is -0.350. The first-order valence-corrected chi connectivity index (χ1v) is 3.20. The number of nitrogen functional groups attached to an aromatic ring is 1. The summed E-state index contributed by atoms with van der Waals surface area (Å²) in [4.78, 5) is 0. The Morgan fingerprint density at radius 3 is 2.60 bits per heavy atom. The summed E-state index contributed by atoms with van der Waals surface area (Å²) >= 11 is 5.55.